The van der Waals surface area contributed by atoms with Crippen LogP contribution in [0.1, 0.15) is 23.0 Å². The van der Waals surface area contributed by atoms with Crippen LogP contribution in [0.25, 0.3) is 0 Å². The Hall–Kier alpha value is -0.780. The van der Waals surface area contributed by atoms with Crippen molar-refractivity contribution in [1.29, 1.82) is 0 Å². The molecule has 0 fully saturated rings. The molecule has 1 aromatic heterocycles. The van der Waals surface area contributed by atoms with Crippen molar-refractivity contribution in [3.05, 3.63) is 16.3 Å². The van der Waals surface area contributed by atoms with E-state index in [1.807, 2.05) is 5.38 Å². The van der Waals surface area contributed by atoms with Gasteiger partial charge in [-0.25, -0.2) is 0 Å². The van der Waals surface area contributed by atoms with Gasteiger partial charge in [-0.15, -0.1) is 23.7 Å². The average Bonchev–Trinajstić information content (AvgIpc) is 2.76. The third-order valence-corrected chi connectivity index (χ3v) is 2.96. The molecule has 1 rings (SSSR count). The minimum absolute atomic E-state index is 0. The van der Waals surface area contributed by atoms with Crippen LogP contribution in [0.4, 0.5) is 0 Å². The second-order valence-corrected chi connectivity index (χ2v) is 4.24. The molecule has 0 spiro atoms. The number of rotatable bonds is 7. The molecule has 1 heterocycles. The molecule has 0 aliphatic rings. The molecule has 0 atom stereocenters. The summed E-state index contributed by atoms with van der Waals surface area (Å²) in [4.78, 5) is 12.3. The van der Waals surface area contributed by atoms with Gasteiger partial charge in [0.1, 0.15) is 10.6 Å². The van der Waals surface area contributed by atoms with Gasteiger partial charge in [-0.05, 0) is 24.4 Å². The van der Waals surface area contributed by atoms with E-state index in [0.29, 0.717) is 17.2 Å². The zero-order valence-electron chi connectivity index (χ0n) is 10.1. The van der Waals surface area contributed by atoms with E-state index >= 15 is 0 Å². The molecular formula is C11H19ClN2O2S. The van der Waals surface area contributed by atoms with E-state index in [0.717, 1.165) is 19.5 Å². The summed E-state index contributed by atoms with van der Waals surface area (Å²) < 4.78 is 5.09. The van der Waals surface area contributed by atoms with E-state index in [4.69, 9.17) is 4.74 Å². The summed E-state index contributed by atoms with van der Waals surface area (Å²) in [5, 5.41) is 7.92. The highest BCUT2D eigenvalue weighted by atomic mass is 35.5. The van der Waals surface area contributed by atoms with Crippen LogP contribution < -0.4 is 15.4 Å². The summed E-state index contributed by atoms with van der Waals surface area (Å²) in [6.07, 6.45) is 1.10. The van der Waals surface area contributed by atoms with E-state index in [1.165, 1.54) is 11.3 Å². The number of ether oxygens (including phenoxy) is 1. The van der Waals surface area contributed by atoms with Crippen molar-refractivity contribution in [2.24, 2.45) is 0 Å². The van der Waals surface area contributed by atoms with Crippen LogP contribution in [0, 0.1) is 0 Å². The zero-order valence-corrected chi connectivity index (χ0v) is 11.7. The Morgan fingerprint density at radius 3 is 2.82 bits per heavy atom. The van der Waals surface area contributed by atoms with Crippen molar-refractivity contribution < 1.29 is 9.53 Å². The minimum Gasteiger partial charge on any atom is -0.495 e. The first-order valence-corrected chi connectivity index (χ1v) is 6.28. The average molecular weight is 279 g/mol. The molecule has 17 heavy (non-hydrogen) atoms. The van der Waals surface area contributed by atoms with Gasteiger partial charge in [0.05, 0.1) is 7.11 Å². The van der Waals surface area contributed by atoms with Gasteiger partial charge in [-0.3, -0.25) is 4.79 Å². The molecule has 1 amide bonds. The number of nitrogens with one attached hydrogen (secondary N) is 2. The van der Waals surface area contributed by atoms with Crippen molar-refractivity contribution >= 4 is 29.7 Å². The summed E-state index contributed by atoms with van der Waals surface area (Å²) in [7, 11) is 1.57. The maximum absolute atomic E-state index is 11.7. The van der Waals surface area contributed by atoms with Crippen LogP contribution in [-0.4, -0.2) is 32.7 Å². The van der Waals surface area contributed by atoms with Crippen LogP contribution >= 0.6 is 23.7 Å². The molecule has 2 N–H and O–H groups in total. The van der Waals surface area contributed by atoms with Crippen molar-refractivity contribution in [3.8, 4) is 5.75 Å². The monoisotopic (exact) mass is 278 g/mol. The third kappa shape index (κ3) is 5.39. The number of hydrogen-bond acceptors (Lipinski definition) is 4. The summed E-state index contributed by atoms with van der Waals surface area (Å²) in [5.41, 5.74) is 0. The smallest absolute Gasteiger partial charge is 0.265 e. The Bertz CT molecular complexity index is 331. The van der Waals surface area contributed by atoms with Crippen LogP contribution in [0.3, 0.4) is 0 Å². The number of amides is 1. The molecular weight excluding hydrogens is 260 g/mol. The first-order chi connectivity index (χ1) is 7.79. The van der Waals surface area contributed by atoms with E-state index in [1.54, 1.807) is 13.2 Å². The molecule has 6 heteroatoms. The number of methoxy groups -OCH3 is 1. The van der Waals surface area contributed by atoms with Crippen molar-refractivity contribution in [1.82, 2.24) is 10.6 Å². The number of carbonyl (C=O) groups excluding carboxylic acids is 1. The van der Waals surface area contributed by atoms with E-state index in [9.17, 15) is 4.79 Å². The maximum Gasteiger partial charge on any atom is 0.265 e. The van der Waals surface area contributed by atoms with Crippen molar-refractivity contribution in [2.45, 2.75) is 13.3 Å². The second-order valence-electron chi connectivity index (χ2n) is 3.32. The third-order valence-electron chi connectivity index (χ3n) is 2.07. The molecule has 0 radical (unpaired) electrons. The van der Waals surface area contributed by atoms with Crippen LogP contribution in [-0.2, 0) is 0 Å². The summed E-state index contributed by atoms with van der Waals surface area (Å²) in [6.45, 7) is 4.54. The molecule has 0 unspecified atom stereocenters. The lowest BCUT2D eigenvalue weighted by Gasteiger charge is -2.06. The van der Waals surface area contributed by atoms with Gasteiger partial charge in [0.2, 0.25) is 0 Å². The largest absolute Gasteiger partial charge is 0.495 e. The first kappa shape index (κ1) is 16.2. The molecule has 98 valence electrons. The predicted octanol–water partition coefficient (Wildman–Crippen LogP) is 1.91. The van der Waals surface area contributed by atoms with Gasteiger partial charge in [0, 0.05) is 13.1 Å². The van der Waals surface area contributed by atoms with E-state index in [2.05, 4.69) is 17.6 Å². The molecule has 0 aliphatic heterocycles. The maximum atomic E-state index is 11.7. The topological polar surface area (TPSA) is 50.4 Å². The Kier molecular flexibility index (Phi) is 8.85. The van der Waals surface area contributed by atoms with E-state index in [-0.39, 0.29) is 18.3 Å². The Morgan fingerprint density at radius 2 is 2.18 bits per heavy atom. The zero-order chi connectivity index (χ0) is 11.8. The molecule has 1 aromatic rings. The molecule has 0 saturated heterocycles. The van der Waals surface area contributed by atoms with Gasteiger partial charge in [-0.2, -0.15) is 0 Å². The lowest BCUT2D eigenvalue weighted by atomic mass is 10.4. The SMILES string of the molecule is CCCNCCNC(=O)c1sccc1OC.Cl. The molecule has 0 aromatic carbocycles. The second kappa shape index (κ2) is 9.27. The normalized spacial score (nSPS) is 9.53. The van der Waals surface area contributed by atoms with Crippen LogP contribution in [0.2, 0.25) is 0 Å². The Labute approximate surface area is 112 Å². The highest BCUT2D eigenvalue weighted by Gasteiger charge is 2.12. The number of hydrogen-bond donors (Lipinski definition) is 2. The van der Waals surface area contributed by atoms with Gasteiger partial charge in [0.15, 0.2) is 0 Å². The summed E-state index contributed by atoms with van der Waals surface area (Å²) in [5.74, 6) is 0.578. The number of thiophene rings is 1. The van der Waals surface area contributed by atoms with Gasteiger partial charge in [0.25, 0.3) is 5.91 Å². The molecule has 0 bridgehead atoms. The fourth-order valence-electron chi connectivity index (χ4n) is 1.27. The highest BCUT2D eigenvalue weighted by Crippen LogP contribution is 2.23. The molecule has 0 aliphatic carbocycles. The fourth-order valence-corrected chi connectivity index (χ4v) is 2.04. The van der Waals surface area contributed by atoms with Gasteiger partial charge < -0.3 is 15.4 Å². The van der Waals surface area contributed by atoms with Gasteiger partial charge >= 0.3 is 0 Å². The lowest BCUT2D eigenvalue weighted by Crippen LogP contribution is -2.31. The van der Waals surface area contributed by atoms with Crippen molar-refractivity contribution in [2.75, 3.05) is 26.7 Å². The number of carbonyl (C=O) groups is 1. The van der Waals surface area contributed by atoms with Crippen molar-refractivity contribution in [3.63, 3.8) is 0 Å². The molecule has 0 saturated carbocycles. The summed E-state index contributed by atoms with van der Waals surface area (Å²) in [6, 6.07) is 1.80. The fraction of sp³-hybridized carbons (Fsp3) is 0.545. The Morgan fingerprint density at radius 1 is 1.41 bits per heavy atom. The van der Waals surface area contributed by atoms with Crippen LogP contribution in [0.5, 0.6) is 5.75 Å². The molecule has 4 nitrogen and oxygen atoms in total. The number of halogens is 1. The predicted molar refractivity (Wildman–Crippen MR) is 73.6 cm³/mol. The first-order valence-electron chi connectivity index (χ1n) is 5.40. The van der Waals surface area contributed by atoms with E-state index < -0.39 is 0 Å². The minimum atomic E-state index is -0.0647. The quantitative estimate of drug-likeness (QED) is 0.749. The Balaban J connectivity index is 0.00000256. The highest BCUT2D eigenvalue weighted by molar-refractivity contribution is 7.12. The van der Waals surface area contributed by atoms with Crippen LogP contribution in [0.15, 0.2) is 11.4 Å². The summed E-state index contributed by atoms with van der Waals surface area (Å²) >= 11 is 1.39. The lowest BCUT2D eigenvalue weighted by molar-refractivity contribution is 0.0955. The van der Waals surface area contributed by atoms with Gasteiger partial charge in [-0.1, -0.05) is 6.92 Å². The standard InChI is InChI=1S/C11H18N2O2S.ClH/c1-3-5-12-6-7-13-11(14)10-9(15-2)4-8-16-10;/h4,8,12H,3,5-7H2,1-2H3,(H,13,14);1H.